The molecule has 0 aromatic heterocycles. The summed E-state index contributed by atoms with van der Waals surface area (Å²) in [5.74, 6) is 0.546. The second-order valence-corrected chi connectivity index (χ2v) is 11.8. The minimum Gasteiger partial charge on any atom is -0.254 e. The number of aryl methyl sites for hydroxylation is 1. The van der Waals surface area contributed by atoms with Crippen LogP contribution in [0.3, 0.4) is 0 Å². The molecule has 1 aromatic carbocycles. The first-order valence-electron chi connectivity index (χ1n) is 13.3. The van der Waals surface area contributed by atoms with Gasteiger partial charge in [-0.05, 0) is 38.0 Å². The highest BCUT2D eigenvalue weighted by molar-refractivity contribution is 7.90. The molecule has 2 rings (SSSR count). The predicted molar refractivity (Wildman–Crippen MR) is 142 cm³/mol. The minimum absolute atomic E-state index is 0.222. The summed E-state index contributed by atoms with van der Waals surface area (Å²) in [6, 6.07) is 3.29. The van der Waals surface area contributed by atoms with Crippen molar-refractivity contribution < 1.29 is 8.42 Å². The molecule has 0 unspecified atom stereocenters. The van der Waals surface area contributed by atoms with E-state index in [1.54, 1.807) is 13.0 Å². The minimum atomic E-state index is -3.57. The first-order chi connectivity index (χ1) is 15.9. The first-order valence-corrected chi connectivity index (χ1v) is 15.1. The van der Waals surface area contributed by atoms with E-state index in [4.69, 9.17) is 11.6 Å². The number of hydrogen-bond donors (Lipinski definition) is 0. The molecule has 6 heteroatoms. The Morgan fingerprint density at radius 3 is 1.70 bits per heavy atom. The Labute approximate surface area is 208 Å². The molecular weight excluding hydrogens is 452 g/mol. The Kier molecular flexibility index (Phi) is 12.8. The second-order valence-electron chi connectivity index (χ2n) is 9.61. The smallest absolute Gasteiger partial charge is 0.254 e. The zero-order chi connectivity index (χ0) is 24.1. The maximum atomic E-state index is 13.1. The van der Waals surface area contributed by atoms with Crippen molar-refractivity contribution in [2.45, 2.75) is 128 Å². The van der Waals surface area contributed by atoms with E-state index in [-0.39, 0.29) is 4.90 Å². The Hall–Kier alpha value is -1.07. The summed E-state index contributed by atoms with van der Waals surface area (Å²) < 4.78 is 27.6. The molecule has 0 atom stereocenters. The van der Waals surface area contributed by atoms with Gasteiger partial charge in [0.1, 0.15) is 10.7 Å². The van der Waals surface area contributed by atoms with E-state index in [9.17, 15) is 8.42 Å². The molecule has 1 aliphatic heterocycles. The van der Waals surface area contributed by atoms with Crippen LogP contribution < -0.4 is 0 Å². The van der Waals surface area contributed by atoms with Gasteiger partial charge in [0.15, 0.2) is 0 Å². The van der Waals surface area contributed by atoms with Crippen molar-refractivity contribution in [1.82, 2.24) is 4.31 Å². The summed E-state index contributed by atoms with van der Waals surface area (Å²) in [5.41, 5.74) is 1.34. The highest BCUT2D eigenvalue weighted by Gasteiger charge is 2.32. The van der Waals surface area contributed by atoms with Crippen LogP contribution in [0.2, 0.25) is 5.02 Å². The standard InChI is InChI=1S/C27H45ClN2O2S/c1-4-5-6-7-8-9-10-11-12-13-14-15-16-17-18-19-20-30-24(3)29-26-21-23(2)25(28)22-27(26)33(30,31)32/h21-22H,4-20H2,1-3H3. The molecule has 0 bridgehead atoms. The lowest BCUT2D eigenvalue weighted by atomic mass is 10.0. The monoisotopic (exact) mass is 496 g/mol. The fourth-order valence-electron chi connectivity index (χ4n) is 4.55. The van der Waals surface area contributed by atoms with Gasteiger partial charge in [0.2, 0.25) is 0 Å². The predicted octanol–water partition coefficient (Wildman–Crippen LogP) is 8.96. The van der Waals surface area contributed by atoms with Gasteiger partial charge in [-0.15, -0.1) is 0 Å². The fraction of sp³-hybridized carbons (Fsp3) is 0.741. The van der Waals surface area contributed by atoms with E-state index < -0.39 is 10.0 Å². The Morgan fingerprint density at radius 2 is 1.21 bits per heavy atom. The molecule has 0 aliphatic carbocycles. The molecule has 0 saturated heterocycles. The summed E-state index contributed by atoms with van der Waals surface area (Å²) >= 11 is 6.18. The van der Waals surface area contributed by atoms with Gasteiger partial charge >= 0.3 is 0 Å². The number of hydrogen-bond acceptors (Lipinski definition) is 3. The van der Waals surface area contributed by atoms with E-state index >= 15 is 0 Å². The highest BCUT2D eigenvalue weighted by atomic mass is 35.5. The van der Waals surface area contributed by atoms with Crippen LogP contribution >= 0.6 is 11.6 Å². The summed E-state index contributed by atoms with van der Waals surface area (Å²) in [7, 11) is -3.57. The maximum absolute atomic E-state index is 13.1. The number of fused-ring (bicyclic) bond motifs is 1. The van der Waals surface area contributed by atoms with Crippen molar-refractivity contribution in [1.29, 1.82) is 0 Å². The lowest BCUT2D eigenvalue weighted by molar-refractivity contribution is 0.488. The van der Waals surface area contributed by atoms with E-state index in [0.717, 1.165) is 18.4 Å². The van der Waals surface area contributed by atoms with Crippen molar-refractivity contribution in [2.75, 3.05) is 6.54 Å². The van der Waals surface area contributed by atoms with Crippen molar-refractivity contribution in [3.8, 4) is 0 Å². The first kappa shape index (κ1) is 28.2. The second kappa shape index (κ2) is 15.0. The number of benzene rings is 1. The molecule has 4 nitrogen and oxygen atoms in total. The molecule has 188 valence electrons. The normalized spacial score (nSPS) is 14.9. The van der Waals surface area contributed by atoms with Crippen molar-refractivity contribution in [3.05, 3.63) is 22.7 Å². The molecule has 1 aliphatic rings. The van der Waals surface area contributed by atoms with Crippen LogP contribution in [0.1, 0.15) is 122 Å². The number of rotatable bonds is 17. The quantitative estimate of drug-likeness (QED) is 0.202. The number of amidine groups is 1. The van der Waals surface area contributed by atoms with E-state index in [1.165, 1.54) is 100 Å². The zero-order valence-corrected chi connectivity index (χ0v) is 22.7. The van der Waals surface area contributed by atoms with E-state index in [1.807, 2.05) is 6.92 Å². The highest BCUT2D eigenvalue weighted by Crippen LogP contribution is 2.36. The van der Waals surface area contributed by atoms with Crippen LogP contribution in [0.5, 0.6) is 0 Å². The molecule has 0 radical (unpaired) electrons. The molecular formula is C27H45ClN2O2S. The van der Waals surface area contributed by atoms with Crippen LogP contribution in [-0.2, 0) is 10.0 Å². The third kappa shape index (κ3) is 9.24. The van der Waals surface area contributed by atoms with Crippen molar-refractivity contribution in [3.63, 3.8) is 0 Å². The summed E-state index contributed by atoms with van der Waals surface area (Å²) in [6.45, 7) is 6.40. The third-order valence-electron chi connectivity index (χ3n) is 6.67. The van der Waals surface area contributed by atoms with Crippen LogP contribution in [0.15, 0.2) is 22.0 Å². The maximum Gasteiger partial charge on any atom is 0.267 e. The van der Waals surface area contributed by atoms with Gasteiger partial charge in [-0.1, -0.05) is 115 Å². The lowest BCUT2D eigenvalue weighted by Crippen LogP contribution is -2.38. The van der Waals surface area contributed by atoms with Crippen molar-refractivity contribution in [2.24, 2.45) is 4.99 Å². The van der Waals surface area contributed by atoms with Crippen LogP contribution in [-0.4, -0.2) is 25.1 Å². The van der Waals surface area contributed by atoms with Gasteiger partial charge in [0.25, 0.3) is 10.0 Å². The van der Waals surface area contributed by atoms with Crippen LogP contribution in [0.4, 0.5) is 5.69 Å². The number of unbranched alkanes of at least 4 members (excludes halogenated alkanes) is 15. The Morgan fingerprint density at radius 1 is 0.758 bits per heavy atom. The molecule has 0 saturated carbocycles. The van der Waals surface area contributed by atoms with Crippen LogP contribution in [0.25, 0.3) is 0 Å². The van der Waals surface area contributed by atoms with E-state index in [2.05, 4.69) is 11.9 Å². The van der Waals surface area contributed by atoms with Crippen molar-refractivity contribution >= 4 is 33.1 Å². The average Bonchev–Trinajstić information content (AvgIpc) is 2.77. The summed E-state index contributed by atoms with van der Waals surface area (Å²) in [5, 5.41) is 0.467. The number of sulfonamides is 1. The van der Waals surface area contributed by atoms with E-state index in [0.29, 0.717) is 23.1 Å². The molecule has 0 N–H and O–H groups in total. The summed E-state index contributed by atoms with van der Waals surface area (Å²) in [6.07, 6.45) is 20.9. The van der Waals surface area contributed by atoms with Gasteiger partial charge in [-0.3, -0.25) is 4.31 Å². The van der Waals surface area contributed by atoms with Crippen LogP contribution in [0, 0.1) is 6.92 Å². The topological polar surface area (TPSA) is 49.7 Å². The largest absolute Gasteiger partial charge is 0.267 e. The van der Waals surface area contributed by atoms with Gasteiger partial charge in [-0.25, -0.2) is 13.4 Å². The zero-order valence-electron chi connectivity index (χ0n) is 21.2. The van der Waals surface area contributed by atoms with Gasteiger partial charge in [0, 0.05) is 11.6 Å². The molecule has 1 heterocycles. The number of aliphatic imine (C=N–C) groups is 1. The lowest BCUT2D eigenvalue weighted by Gasteiger charge is -2.28. The molecule has 33 heavy (non-hydrogen) atoms. The van der Waals surface area contributed by atoms with Gasteiger partial charge in [0.05, 0.1) is 5.69 Å². The Balaban J connectivity index is 1.54. The third-order valence-corrected chi connectivity index (χ3v) is 8.98. The SMILES string of the molecule is CCCCCCCCCCCCCCCCCCN1C(C)=Nc2cc(C)c(Cl)cc2S1(=O)=O. The average molecular weight is 497 g/mol. The molecule has 0 fully saturated rings. The molecule has 0 amide bonds. The Bertz CT molecular complexity index is 852. The fourth-order valence-corrected chi connectivity index (χ4v) is 6.41. The summed E-state index contributed by atoms with van der Waals surface area (Å²) in [4.78, 5) is 4.74. The number of halogens is 1. The van der Waals surface area contributed by atoms with Gasteiger partial charge < -0.3 is 0 Å². The molecule has 0 spiro atoms. The van der Waals surface area contributed by atoms with Gasteiger partial charge in [-0.2, -0.15) is 0 Å². The molecule has 1 aromatic rings. The number of nitrogens with zero attached hydrogens (tertiary/aromatic N) is 2.